The lowest BCUT2D eigenvalue weighted by atomic mass is 10.2. The maximum Gasteiger partial charge on any atom is 0.407 e. The first-order valence-corrected chi connectivity index (χ1v) is 8.02. The number of carbonyl (C=O) groups is 1. The lowest BCUT2D eigenvalue weighted by Gasteiger charge is -2.19. The summed E-state index contributed by atoms with van der Waals surface area (Å²) in [5.74, 6) is 0.365. The van der Waals surface area contributed by atoms with Gasteiger partial charge in [0.1, 0.15) is 24.0 Å². The summed E-state index contributed by atoms with van der Waals surface area (Å²) >= 11 is 5.94. The van der Waals surface area contributed by atoms with E-state index in [4.69, 9.17) is 31.2 Å². The first kappa shape index (κ1) is 18.8. The number of nitrogens with one attached hydrogen (secondary N) is 1. The summed E-state index contributed by atoms with van der Waals surface area (Å²) in [6.07, 6.45) is -0.288. The van der Waals surface area contributed by atoms with Crippen molar-refractivity contribution in [3.63, 3.8) is 0 Å². The molecule has 8 nitrogen and oxygen atoms in total. The molecule has 1 N–H and O–H groups in total. The molecule has 0 aliphatic carbocycles. The van der Waals surface area contributed by atoms with Gasteiger partial charge in [-0.25, -0.2) is 9.78 Å². The van der Waals surface area contributed by atoms with Gasteiger partial charge in [-0.15, -0.1) is 0 Å². The largest absolute Gasteiger partial charge is 0.486 e. The number of hydrogen-bond acceptors (Lipinski definition) is 7. The van der Waals surface area contributed by atoms with Crippen molar-refractivity contribution in [2.45, 2.75) is 38.9 Å². The zero-order valence-electron chi connectivity index (χ0n) is 14.2. The molecule has 1 aromatic rings. The Morgan fingerprint density at radius 2 is 2.28 bits per heavy atom. The first-order valence-electron chi connectivity index (χ1n) is 7.64. The van der Waals surface area contributed by atoms with Crippen molar-refractivity contribution >= 4 is 23.4 Å². The summed E-state index contributed by atoms with van der Waals surface area (Å²) in [5, 5.41) is 15.4. The SMILES string of the molecule is CC(C)(C)OC(=O)NCC1=NOC(COc2ccc(C#N)nc2Cl)C1. The Bertz CT molecular complexity index is 709. The van der Waals surface area contributed by atoms with Crippen molar-refractivity contribution in [3.05, 3.63) is 23.0 Å². The highest BCUT2D eigenvalue weighted by Crippen LogP contribution is 2.23. The Morgan fingerprint density at radius 1 is 1.52 bits per heavy atom. The molecule has 1 atom stereocenters. The maximum atomic E-state index is 11.6. The molecule has 1 aliphatic heterocycles. The highest BCUT2D eigenvalue weighted by atomic mass is 35.5. The van der Waals surface area contributed by atoms with Crippen LogP contribution >= 0.6 is 11.6 Å². The minimum atomic E-state index is -0.553. The van der Waals surface area contributed by atoms with Gasteiger partial charge in [0.25, 0.3) is 0 Å². The molecule has 0 bridgehead atoms. The third-order valence-corrected chi connectivity index (χ3v) is 3.25. The second-order valence-electron chi connectivity index (χ2n) is 6.35. The normalized spacial score (nSPS) is 16.4. The molecule has 0 saturated heterocycles. The van der Waals surface area contributed by atoms with E-state index in [-0.39, 0.29) is 30.1 Å². The predicted molar refractivity (Wildman–Crippen MR) is 90.6 cm³/mol. The minimum absolute atomic E-state index is 0.116. The number of oxime groups is 1. The van der Waals surface area contributed by atoms with Crippen LogP contribution in [0.2, 0.25) is 5.15 Å². The number of alkyl carbamates (subject to hydrolysis) is 1. The number of hydrogen-bond donors (Lipinski definition) is 1. The maximum absolute atomic E-state index is 11.6. The smallest absolute Gasteiger partial charge is 0.407 e. The van der Waals surface area contributed by atoms with E-state index in [9.17, 15) is 4.79 Å². The summed E-state index contributed by atoms with van der Waals surface area (Å²) in [6, 6.07) is 4.99. The van der Waals surface area contributed by atoms with Gasteiger partial charge in [-0.2, -0.15) is 5.26 Å². The molecule has 0 radical (unpaired) electrons. The molecule has 1 aromatic heterocycles. The fourth-order valence-electron chi connectivity index (χ4n) is 1.94. The van der Waals surface area contributed by atoms with E-state index in [1.54, 1.807) is 26.8 Å². The van der Waals surface area contributed by atoms with Crippen molar-refractivity contribution in [1.82, 2.24) is 10.3 Å². The van der Waals surface area contributed by atoms with Crippen LogP contribution in [0.1, 0.15) is 32.9 Å². The van der Waals surface area contributed by atoms with Crippen LogP contribution in [0.15, 0.2) is 17.3 Å². The summed E-state index contributed by atoms with van der Waals surface area (Å²) < 4.78 is 10.7. The van der Waals surface area contributed by atoms with Crippen LogP contribution in [0.4, 0.5) is 4.79 Å². The summed E-state index contributed by atoms with van der Waals surface area (Å²) in [5.41, 5.74) is 0.347. The fraction of sp³-hybridized carbons (Fsp3) is 0.500. The molecule has 0 aromatic carbocycles. The second kappa shape index (κ2) is 8.03. The molecule has 1 amide bonds. The third-order valence-electron chi connectivity index (χ3n) is 2.98. The van der Waals surface area contributed by atoms with Crippen LogP contribution in [0.5, 0.6) is 5.75 Å². The number of amides is 1. The van der Waals surface area contributed by atoms with Crippen molar-refractivity contribution in [1.29, 1.82) is 5.26 Å². The van der Waals surface area contributed by atoms with Gasteiger partial charge in [0.15, 0.2) is 17.0 Å². The standard InChI is InChI=1S/C16H19ClN4O4/c1-16(2,3)24-15(22)19-8-11-6-12(25-21-11)9-23-13-5-4-10(7-18)20-14(13)17/h4-5,12H,6,8-9H2,1-3H3,(H,19,22). The van der Waals surface area contributed by atoms with Gasteiger partial charge in [-0.05, 0) is 32.9 Å². The van der Waals surface area contributed by atoms with Crippen molar-refractivity contribution < 1.29 is 19.1 Å². The van der Waals surface area contributed by atoms with Crippen LogP contribution in [0.3, 0.4) is 0 Å². The number of pyridine rings is 1. The second-order valence-corrected chi connectivity index (χ2v) is 6.71. The molecular weight excluding hydrogens is 348 g/mol. The Balaban J connectivity index is 1.74. The monoisotopic (exact) mass is 366 g/mol. The van der Waals surface area contributed by atoms with E-state index < -0.39 is 11.7 Å². The molecule has 134 valence electrons. The highest BCUT2D eigenvalue weighted by molar-refractivity contribution is 6.30. The van der Waals surface area contributed by atoms with Crippen molar-refractivity contribution in [2.75, 3.05) is 13.2 Å². The van der Waals surface area contributed by atoms with Gasteiger partial charge in [-0.3, -0.25) is 0 Å². The summed E-state index contributed by atoms with van der Waals surface area (Å²) in [4.78, 5) is 20.7. The zero-order valence-corrected chi connectivity index (χ0v) is 15.0. The lowest BCUT2D eigenvalue weighted by molar-refractivity contribution is 0.0470. The summed E-state index contributed by atoms with van der Waals surface area (Å²) in [6.45, 7) is 5.83. The van der Waals surface area contributed by atoms with E-state index >= 15 is 0 Å². The number of halogens is 1. The van der Waals surface area contributed by atoms with E-state index in [1.807, 2.05) is 6.07 Å². The molecule has 1 unspecified atom stereocenters. The Labute approximate surface area is 150 Å². The van der Waals surface area contributed by atoms with Crippen LogP contribution in [0.25, 0.3) is 0 Å². The molecule has 2 heterocycles. The molecule has 0 fully saturated rings. The van der Waals surface area contributed by atoms with Crippen molar-refractivity contribution in [2.24, 2.45) is 5.16 Å². The third kappa shape index (κ3) is 6.12. The van der Waals surface area contributed by atoms with Gasteiger partial charge in [0.2, 0.25) is 0 Å². The molecule has 25 heavy (non-hydrogen) atoms. The Hall–Kier alpha value is -2.53. The average Bonchev–Trinajstić information content (AvgIpc) is 2.98. The van der Waals surface area contributed by atoms with Crippen molar-refractivity contribution in [3.8, 4) is 11.8 Å². The first-order chi connectivity index (χ1) is 11.8. The van der Waals surface area contributed by atoms with E-state index in [2.05, 4.69) is 15.5 Å². The van der Waals surface area contributed by atoms with Gasteiger partial charge < -0.3 is 19.6 Å². The van der Waals surface area contributed by atoms with Crippen LogP contribution < -0.4 is 10.1 Å². The number of nitrogens with zero attached hydrogens (tertiary/aromatic N) is 3. The molecule has 2 rings (SSSR count). The van der Waals surface area contributed by atoms with E-state index in [1.165, 1.54) is 6.07 Å². The van der Waals surface area contributed by atoms with Gasteiger partial charge in [0.05, 0.1) is 12.3 Å². The van der Waals surface area contributed by atoms with Crippen LogP contribution in [-0.2, 0) is 9.57 Å². The molecule has 0 spiro atoms. The predicted octanol–water partition coefficient (Wildman–Crippen LogP) is 2.66. The van der Waals surface area contributed by atoms with Gasteiger partial charge in [0, 0.05) is 6.42 Å². The van der Waals surface area contributed by atoms with E-state index in [0.717, 1.165) is 0 Å². The number of ether oxygens (including phenoxy) is 2. The van der Waals surface area contributed by atoms with Crippen LogP contribution in [0, 0.1) is 11.3 Å². The zero-order chi connectivity index (χ0) is 18.4. The fourth-order valence-corrected chi connectivity index (χ4v) is 2.15. The van der Waals surface area contributed by atoms with Gasteiger partial charge in [-0.1, -0.05) is 16.8 Å². The lowest BCUT2D eigenvalue weighted by Crippen LogP contribution is -2.35. The topological polar surface area (TPSA) is 106 Å². The number of rotatable bonds is 5. The average molecular weight is 367 g/mol. The minimum Gasteiger partial charge on any atom is -0.486 e. The molecule has 0 saturated carbocycles. The Morgan fingerprint density at radius 3 is 2.92 bits per heavy atom. The summed E-state index contributed by atoms with van der Waals surface area (Å²) in [7, 11) is 0. The number of carbonyl (C=O) groups excluding carboxylic acids is 1. The molecule has 1 aliphatic rings. The quantitative estimate of drug-likeness (QED) is 0.803. The van der Waals surface area contributed by atoms with Crippen LogP contribution in [-0.4, -0.2) is 41.6 Å². The number of nitriles is 1. The Kier molecular flexibility index (Phi) is 6.04. The number of aromatic nitrogens is 1. The highest BCUT2D eigenvalue weighted by Gasteiger charge is 2.23. The van der Waals surface area contributed by atoms with E-state index in [0.29, 0.717) is 17.9 Å². The van der Waals surface area contributed by atoms with Gasteiger partial charge >= 0.3 is 6.09 Å². The molecular formula is C16H19ClN4O4. The molecule has 9 heteroatoms.